The maximum Gasteiger partial charge on any atom is 0.255 e. The van der Waals surface area contributed by atoms with Crippen molar-refractivity contribution in [3.63, 3.8) is 0 Å². The molecule has 5 rings (SSSR count). The van der Waals surface area contributed by atoms with Gasteiger partial charge in [0.1, 0.15) is 28.6 Å². The Kier molecular flexibility index (Phi) is 7.22. The monoisotopic (exact) mass is 572 g/mol. The molecule has 1 amide bonds. The number of amides is 1. The average Bonchev–Trinajstić information content (AvgIpc) is 2.86. The Bertz CT molecular complexity index is 1480. The van der Waals surface area contributed by atoms with Crippen molar-refractivity contribution in [1.29, 1.82) is 0 Å². The Morgan fingerprint density at radius 3 is 2.12 bits per heavy atom. The summed E-state index contributed by atoms with van der Waals surface area (Å²) in [5.74, 6) is -7.98. The van der Waals surface area contributed by atoms with E-state index in [0.717, 1.165) is 0 Å². The van der Waals surface area contributed by atoms with Crippen LogP contribution in [0.15, 0.2) is 59.4 Å². The van der Waals surface area contributed by atoms with Crippen molar-refractivity contribution in [2.24, 2.45) is 17.6 Å². The lowest BCUT2D eigenvalue weighted by Gasteiger charge is -2.53. The summed E-state index contributed by atoms with van der Waals surface area (Å²) < 4.78 is 0. The standard InChI is InChI=1S/C22H23ClN2O8.C6H6O/c1-21(32)7-6-8-15(25(2)3)17(28)13(20(24)31)19(30)22(8,33)18(29)11(7)16(27)12-10(26)5-4-9(23)14(12)21;7-6-4-2-1-3-5-6/h4-5,7-8,15,26-27,30,32-33H,6H2,1-3H3,(H2,24,31);1-5,7H/t7-,8-,15-,21-,22-;/m0./s1. The molecule has 212 valence electrons. The Balaban J connectivity index is 0.000000461. The fourth-order valence-electron chi connectivity index (χ4n) is 6.01. The molecule has 3 aliphatic rings. The van der Waals surface area contributed by atoms with E-state index < -0.39 is 75.0 Å². The molecule has 0 spiro atoms. The van der Waals surface area contributed by atoms with Gasteiger partial charge >= 0.3 is 0 Å². The minimum absolute atomic E-state index is 0.0187. The molecular formula is C28H29ClN2O9. The lowest BCUT2D eigenvalue weighted by Crippen LogP contribution is -2.67. The van der Waals surface area contributed by atoms with Crippen molar-refractivity contribution in [3.05, 3.63) is 75.5 Å². The van der Waals surface area contributed by atoms with Gasteiger partial charge < -0.3 is 36.4 Å². The van der Waals surface area contributed by atoms with Crippen LogP contribution in [0.25, 0.3) is 5.76 Å². The largest absolute Gasteiger partial charge is 0.508 e. The predicted molar refractivity (Wildman–Crippen MR) is 143 cm³/mol. The minimum Gasteiger partial charge on any atom is -0.508 e. The number of hydrogen-bond acceptors (Lipinski definition) is 10. The predicted octanol–water partition coefficient (Wildman–Crippen LogP) is 1.67. The van der Waals surface area contributed by atoms with Gasteiger partial charge in [-0.2, -0.15) is 0 Å². The van der Waals surface area contributed by atoms with Crippen LogP contribution < -0.4 is 5.73 Å². The summed E-state index contributed by atoms with van der Waals surface area (Å²) in [7, 11) is 2.97. The van der Waals surface area contributed by atoms with E-state index in [-0.39, 0.29) is 22.6 Å². The van der Waals surface area contributed by atoms with E-state index in [1.807, 2.05) is 6.07 Å². The van der Waals surface area contributed by atoms with Gasteiger partial charge in [0, 0.05) is 28.0 Å². The quantitative estimate of drug-likeness (QED) is 0.259. The van der Waals surface area contributed by atoms with Crippen LogP contribution in [0.1, 0.15) is 24.5 Å². The molecule has 5 atom stereocenters. The van der Waals surface area contributed by atoms with Crippen LogP contribution >= 0.6 is 11.6 Å². The molecule has 0 radical (unpaired) electrons. The van der Waals surface area contributed by atoms with Crippen LogP contribution in [-0.4, -0.2) is 78.8 Å². The fraction of sp³-hybridized carbons (Fsp3) is 0.321. The SMILES string of the molecule is CN(C)[C@@H]1C(=O)C(C(N)=O)=C(O)[C@@]2(O)C(=O)C3=C(O)c4c(O)ccc(Cl)c4[C@@](C)(O)[C@H]3C[C@@H]12.Oc1ccccc1. The second-order valence-electron chi connectivity index (χ2n) is 10.4. The number of carbonyl (C=O) groups is 3. The third kappa shape index (κ3) is 4.13. The molecule has 0 bridgehead atoms. The summed E-state index contributed by atoms with van der Waals surface area (Å²) in [6.07, 6.45) is -0.259. The molecule has 40 heavy (non-hydrogen) atoms. The van der Waals surface area contributed by atoms with Gasteiger partial charge in [0.2, 0.25) is 5.78 Å². The normalized spacial score (nSPS) is 29.3. The van der Waals surface area contributed by atoms with Gasteiger partial charge in [0.15, 0.2) is 11.4 Å². The molecule has 0 aromatic heterocycles. The van der Waals surface area contributed by atoms with Gasteiger partial charge in [0.05, 0.1) is 17.2 Å². The molecule has 3 aliphatic carbocycles. The zero-order valence-electron chi connectivity index (χ0n) is 21.8. The van der Waals surface area contributed by atoms with Crippen molar-refractivity contribution in [2.75, 3.05) is 14.1 Å². The highest BCUT2D eigenvalue weighted by atomic mass is 35.5. The number of phenols is 2. The third-order valence-electron chi connectivity index (χ3n) is 7.83. The van der Waals surface area contributed by atoms with E-state index in [2.05, 4.69) is 0 Å². The summed E-state index contributed by atoms with van der Waals surface area (Å²) in [6, 6.07) is 9.95. The third-order valence-corrected chi connectivity index (χ3v) is 8.14. The van der Waals surface area contributed by atoms with Crippen LogP contribution in [0.5, 0.6) is 11.5 Å². The second kappa shape index (κ2) is 9.93. The Labute approximate surface area is 234 Å². The number of nitrogens with two attached hydrogens (primary N) is 1. The number of likely N-dealkylation sites (N-methyl/N-ethyl adjacent to an activating group) is 1. The van der Waals surface area contributed by atoms with E-state index in [9.17, 15) is 39.9 Å². The summed E-state index contributed by atoms with van der Waals surface area (Å²) in [4.78, 5) is 40.1. The molecule has 2 aromatic rings. The first-order valence-electron chi connectivity index (χ1n) is 12.2. The zero-order valence-corrected chi connectivity index (χ0v) is 22.5. The maximum atomic E-state index is 13.7. The van der Waals surface area contributed by atoms with Gasteiger partial charge in [-0.3, -0.25) is 19.3 Å². The molecule has 1 saturated carbocycles. The molecule has 12 heteroatoms. The Hall–Kier alpha value is -3.90. The first-order chi connectivity index (χ1) is 18.6. The van der Waals surface area contributed by atoms with Gasteiger partial charge in [-0.25, -0.2) is 0 Å². The van der Waals surface area contributed by atoms with Crippen molar-refractivity contribution in [3.8, 4) is 11.5 Å². The number of aromatic hydroxyl groups is 2. The topological polar surface area (TPSA) is 202 Å². The molecule has 11 nitrogen and oxygen atoms in total. The molecule has 0 aliphatic heterocycles. The lowest BCUT2D eigenvalue weighted by molar-refractivity contribution is -0.159. The van der Waals surface area contributed by atoms with E-state index in [1.54, 1.807) is 24.3 Å². The molecular weight excluding hydrogens is 544 g/mol. The first kappa shape index (κ1) is 29.1. The number of carbonyl (C=O) groups excluding carboxylic acids is 3. The lowest BCUT2D eigenvalue weighted by atomic mass is 9.54. The number of halogens is 1. The maximum absolute atomic E-state index is 13.7. The smallest absolute Gasteiger partial charge is 0.255 e. The Morgan fingerprint density at radius 2 is 1.62 bits per heavy atom. The highest BCUT2D eigenvalue weighted by Crippen LogP contribution is 2.58. The number of Topliss-reactive ketones (excluding diaryl/α,β-unsaturated/α-hetero) is 2. The molecule has 0 saturated heterocycles. The van der Waals surface area contributed by atoms with Crippen molar-refractivity contribution in [1.82, 2.24) is 4.90 Å². The van der Waals surface area contributed by atoms with Gasteiger partial charge in [-0.15, -0.1) is 0 Å². The summed E-state index contributed by atoms with van der Waals surface area (Å²) in [5.41, 5.74) is -1.10. The van der Waals surface area contributed by atoms with E-state index in [0.29, 0.717) is 5.75 Å². The number of benzene rings is 2. The minimum atomic E-state index is -2.78. The van der Waals surface area contributed by atoms with Gasteiger partial charge in [-0.05, 0) is 51.7 Å². The van der Waals surface area contributed by atoms with Gasteiger partial charge in [0.25, 0.3) is 5.91 Å². The number of nitrogens with zero attached hydrogens (tertiary/aromatic N) is 1. The first-order valence-corrected chi connectivity index (χ1v) is 12.6. The van der Waals surface area contributed by atoms with E-state index in [4.69, 9.17) is 22.4 Å². The van der Waals surface area contributed by atoms with Crippen LogP contribution in [-0.2, 0) is 20.0 Å². The molecule has 2 aromatic carbocycles. The number of hydrogen-bond donors (Lipinski definition) is 7. The van der Waals surface area contributed by atoms with Crippen LogP contribution in [0.2, 0.25) is 5.02 Å². The molecule has 1 fully saturated rings. The van der Waals surface area contributed by atoms with E-state index >= 15 is 0 Å². The van der Waals surface area contributed by atoms with Crippen LogP contribution in [0.3, 0.4) is 0 Å². The van der Waals surface area contributed by atoms with Crippen molar-refractivity contribution >= 4 is 34.8 Å². The van der Waals surface area contributed by atoms with Crippen molar-refractivity contribution < 1.29 is 45.0 Å². The van der Waals surface area contributed by atoms with Crippen molar-refractivity contribution in [2.45, 2.75) is 30.6 Å². The highest BCUT2D eigenvalue weighted by Gasteiger charge is 2.66. The molecule has 0 heterocycles. The molecule has 0 unspecified atom stereocenters. The summed E-state index contributed by atoms with van der Waals surface area (Å²) in [5, 5.41) is 63.8. The number of primary amides is 1. The number of aliphatic hydroxyl groups is 4. The fourth-order valence-corrected chi connectivity index (χ4v) is 6.35. The number of phenolic OH excluding ortho intramolecular Hbond substituents is 2. The number of rotatable bonds is 2. The van der Waals surface area contributed by atoms with E-state index in [1.165, 1.54) is 38.1 Å². The summed E-state index contributed by atoms with van der Waals surface area (Å²) in [6.45, 7) is 1.34. The number of fused-ring (bicyclic) bond motifs is 3. The molecule has 8 N–H and O–H groups in total. The number of aliphatic hydroxyl groups excluding tert-OH is 2. The zero-order chi connectivity index (χ0) is 29.9. The summed E-state index contributed by atoms with van der Waals surface area (Å²) >= 11 is 6.28. The van der Waals surface area contributed by atoms with Gasteiger partial charge in [-0.1, -0.05) is 29.8 Å². The Morgan fingerprint density at radius 1 is 1.02 bits per heavy atom. The van der Waals surface area contributed by atoms with Crippen LogP contribution in [0.4, 0.5) is 0 Å². The number of ketones is 2. The second-order valence-corrected chi connectivity index (χ2v) is 10.8. The van der Waals surface area contributed by atoms with Crippen LogP contribution in [0, 0.1) is 11.8 Å². The average molecular weight is 573 g/mol. The highest BCUT2D eigenvalue weighted by molar-refractivity contribution is 6.32. The number of para-hydroxylation sites is 1.